The molecule has 2 amide bonds. The summed E-state index contributed by atoms with van der Waals surface area (Å²) in [7, 11) is 1.76. The van der Waals surface area contributed by atoms with Gasteiger partial charge >= 0.3 is 0 Å². The number of aromatic nitrogens is 1. The van der Waals surface area contributed by atoms with Crippen LogP contribution in [0, 0.1) is 5.82 Å². The molecule has 0 bridgehead atoms. The molecule has 0 aliphatic heterocycles. The lowest BCUT2D eigenvalue weighted by Crippen LogP contribution is -2.32. The Morgan fingerprint density at radius 1 is 1.15 bits per heavy atom. The Balaban J connectivity index is 1.53. The average Bonchev–Trinajstić information content (AvgIpc) is 2.83. The molecule has 0 saturated heterocycles. The van der Waals surface area contributed by atoms with E-state index in [1.54, 1.807) is 48.5 Å². The Kier molecular flexibility index (Phi) is 7.91. The summed E-state index contributed by atoms with van der Waals surface area (Å²) in [6, 6.07) is 15.0. The lowest BCUT2D eigenvalue weighted by Gasteiger charge is -2.21. The summed E-state index contributed by atoms with van der Waals surface area (Å²) in [6.07, 6.45) is 5.96. The summed E-state index contributed by atoms with van der Waals surface area (Å²) < 4.78 is 19.8. The molecule has 1 N–H and O–H groups in total. The molecule has 2 aromatic carbocycles. The largest absolute Gasteiger partial charge is 0.453 e. The molecule has 3 rings (SSSR count). The zero-order valence-electron chi connectivity index (χ0n) is 18.8. The maximum Gasteiger partial charge on any atom is 0.253 e. The van der Waals surface area contributed by atoms with Crippen molar-refractivity contribution in [3.63, 3.8) is 0 Å². The fourth-order valence-corrected chi connectivity index (χ4v) is 2.86. The van der Waals surface area contributed by atoms with Crippen LogP contribution in [-0.2, 0) is 11.3 Å². The minimum Gasteiger partial charge on any atom is -0.453 e. The van der Waals surface area contributed by atoms with Gasteiger partial charge in [0.25, 0.3) is 5.91 Å². The number of benzene rings is 2. The number of hydrogen-bond acceptors (Lipinski definition) is 4. The van der Waals surface area contributed by atoms with Gasteiger partial charge in [-0.25, -0.2) is 4.39 Å². The van der Waals surface area contributed by atoms with E-state index in [9.17, 15) is 14.0 Å². The van der Waals surface area contributed by atoms with Gasteiger partial charge in [-0.05, 0) is 67.4 Å². The molecule has 3 aromatic rings. The van der Waals surface area contributed by atoms with Crippen molar-refractivity contribution in [1.82, 2.24) is 15.2 Å². The van der Waals surface area contributed by atoms with Crippen molar-refractivity contribution < 1.29 is 18.7 Å². The summed E-state index contributed by atoms with van der Waals surface area (Å²) in [5, 5.41) is 2.77. The highest BCUT2D eigenvalue weighted by atomic mass is 19.1. The summed E-state index contributed by atoms with van der Waals surface area (Å²) in [5.41, 5.74) is 1.99. The number of pyridine rings is 1. The second-order valence-corrected chi connectivity index (χ2v) is 7.74. The highest BCUT2D eigenvalue weighted by Crippen LogP contribution is 2.24. The van der Waals surface area contributed by atoms with Crippen molar-refractivity contribution in [1.29, 1.82) is 0 Å². The number of carbonyl (C=O) groups excluding carboxylic acids is 2. The summed E-state index contributed by atoms with van der Waals surface area (Å²) in [6.45, 7) is 4.21. The van der Waals surface area contributed by atoms with Gasteiger partial charge in [-0.1, -0.05) is 18.2 Å². The minimum atomic E-state index is -0.542. The zero-order chi connectivity index (χ0) is 23.8. The van der Waals surface area contributed by atoms with Crippen molar-refractivity contribution in [2.45, 2.75) is 26.4 Å². The predicted octanol–water partition coefficient (Wildman–Crippen LogP) is 4.82. The number of amides is 2. The van der Waals surface area contributed by atoms with E-state index < -0.39 is 5.82 Å². The molecule has 1 heterocycles. The van der Waals surface area contributed by atoms with Crippen LogP contribution in [0.3, 0.4) is 0 Å². The van der Waals surface area contributed by atoms with E-state index in [1.807, 2.05) is 26.0 Å². The minimum absolute atomic E-state index is 0.0485. The highest BCUT2D eigenvalue weighted by Gasteiger charge is 2.14. The molecular weight excluding hydrogens is 421 g/mol. The first kappa shape index (κ1) is 23.7. The van der Waals surface area contributed by atoms with Crippen LogP contribution in [0.15, 0.2) is 73.1 Å². The van der Waals surface area contributed by atoms with Gasteiger partial charge in [0.15, 0.2) is 11.6 Å². The second-order valence-electron chi connectivity index (χ2n) is 7.74. The Morgan fingerprint density at radius 2 is 1.91 bits per heavy atom. The molecule has 0 atom stereocenters. The number of nitrogens with zero attached hydrogens (tertiary/aromatic N) is 2. The zero-order valence-corrected chi connectivity index (χ0v) is 18.8. The van der Waals surface area contributed by atoms with Gasteiger partial charge in [-0.3, -0.25) is 14.6 Å². The molecule has 0 unspecified atom stereocenters. The first-order valence-corrected chi connectivity index (χ1v) is 10.5. The summed E-state index contributed by atoms with van der Waals surface area (Å²) >= 11 is 0. The van der Waals surface area contributed by atoms with E-state index in [4.69, 9.17) is 4.74 Å². The van der Waals surface area contributed by atoms with E-state index >= 15 is 0 Å². The van der Waals surface area contributed by atoms with Gasteiger partial charge in [0.05, 0.1) is 6.20 Å². The van der Waals surface area contributed by atoms with Crippen LogP contribution in [-0.4, -0.2) is 34.8 Å². The van der Waals surface area contributed by atoms with Gasteiger partial charge in [-0.15, -0.1) is 0 Å². The molecule has 0 fully saturated rings. The first-order chi connectivity index (χ1) is 15.8. The van der Waals surface area contributed by atoms with Gasteiger partial charge in [-0.2, -0.15) is 0 Å². The normalized spacial score (nSPS) is 10.9. The summed E-state index contributed by atoms with van der Waals surface area (Å²) in [4.78, 5) is 30.1. The van der Waals surface area contributed by atoms with Crippen molar-refractivity contribution >= 4 is 17.9 Å². The van der Waals surface area contributed by atoms with Crippen molar-refractivity contribution in [3.8, 4) is 11.5 Å². The first-order valence-electron chi connectivity index (χ1n) is 10.5. The van der Waals surface area contributed by atoms with Crippen LogP contribution in [0.5, 0.6) is 11.5 Å². The van der Waals surface area contributed by atoms with Crippen molar-refractivity contribution in [2.24, 2.45) is 0 Å². The molecule has 0 spiro atoms. The molecular formula is C26H26FN3O3. The Hall–Kier alpha value is -4.00. The fraction of sp³-hybridized carbons (Fsp3) is 0.192. The van der Waals surface area contributed by atoms with Crippen LogP contribution < -0.4 is 10.1 Å². The van der Waals surface area contributed by atoms with E-state index in [-0.39, 0.29) is 23.6 Å². The van der Waals surface area contributed by atoms with Crippen LogP contribution in [0.25, 0.3) is 6.08 Å². The van der Waals surface area contributed by atoms with Gasteiger partial charge < -0.3 is 15.0 Å². The molecule has 6 nitrogen and oxygen atoms in total. The third kappa shape index (κ3) is 6.74. The number of ether oxygens (including phenoxy) is 1. The van der Waals surface area contributed by atoms with Crippen molar-refractivity contribution in [3.05, 3.63) is 95.6 Å². The maximum atomic E-state index is 14.3. The van der Waals surface area contributed by atoms with E-state index in [1.165, 1.54) is 30.5 Å². The van der Waals surface area contributed by atoms with Crippen molar-refractivity contribution in [2.75, 3.05) is 7.05 Å². The van der Waals surface area contributed by atoms with Gasteiger partial charge in [0, 0.05) is 37.5 Å². The topological polar surface area (TPSA) is 71.5 Å². The van der Waals surface area contributed by atoms with Crippen LogP contribution >= 0.6 is 0 Å². The molecule has 0 aliphatic rings. The lowest BCUT2D eigenvalue weighted by molar-refractivity contribution is -0.116. The van der Waals surface area contributed by atoms with Gasteiger partial charge in [0.1, 0.15) is 5.75 Å². The second kappa shape index (κ2) is 11.0. The number of hydrogen-bond donors (Lipinski definition) is 1. The number of nitrogens with one attached hydrogen (secondary N) is 1. The third-order valence-electron chi connectivity index (χ3n) is 5.01. The fourth-order valence-electron chi connectivity index (χ4n) is 2.86. The smallest absolute Gasteiger partial charge is 0.253 e. The third-order valence-corrected chi connectivity index (χ3v) is 5.01. The SMILES string of the molecule is CC(C)N(C)C(=O)c1ccc(CNC(=O)/C=C/c2ccc(Oc3cccnc3)c(F)c2)cc1. The van der Waals surface area contributed by atoms with E-state index in [0.717, 1.165) is 5.56 Å². The van der Waals surface area contributed by atoms with Gasteiger partial charge in [0.2, 0.25) is 5.91 Å². The lowest BCUT2D eigenvalue weighted by atomic mass is 10.1. The highest BCUT2D eigenvalue weighted by molar-refractivity contribution is 5.94. The van der Waals surface area contributed by atoms with Crippen LogP contribution in [0.4, 0.5) is 4.39 Å². The summed E-state index contributed by atoms with van der Waals surface area (Å²) in [5.74, 6) is -0.396. The molecule has 7 heteroatoms. The molecule has 0 radical (unpaired) electrons. The Bertz CT molecular complexity index is 1130. The molecule has 0 saturated carbocycles. The number of halogens is 1. The van der Waals surface area contributed by atoms with E-state index in [0.29, 0.717) is 23.4 Å². The standard InChI is InChI=1S/C26H26FN3O3/c1-18(2)30(3)26(32)21-10-6-20(7-11-21)16-29-25(31)13-9-19-8-12-24(23(27)15-19)33-22-5-4-14-28-17-22/h4-15,17-18H,16H2,1-3H3,(H,29,31)/b13-9+. The monoisotopic (exact) mass is 447 g/mol. The molecule has 0 aliphatic carbocycles. The number of rotatable bonds is 8. The molecule has 1 aromatic heterocycles. The molecule has 33 heavy (non-hydrogen) atoms. The predicted molar refractivity (Wildman–Crippen MR) is 125 cm³/mol. The van der Waals surface area contributed by atoms with Crippen LogP contribution in [0.2, 0.25) is 0 Å². The van der Waals surface area contributed by atoms with Crippen LogP contribution in [0.1, 0.15) is 35.3 Å². The maximum absolute atomic E-state index is 14.3. The van der Waals surface area contributed by atoms with E-state index in [2.05, 4.69) is 10.3 Å². The Labute approximate surface area is 192 Å². The quantitative estimate of drug-likeness (QED) is 0.503. The number of carbonyl (C=O) groups is 2. The Morgan fingerprint density at radius 3 is 2.55 bits per heavy atom. The average molecular weight is 448 g/mol. The molecule has 170 valence electrons.